The third kappa shape index (κ3) is 6.46. The Hall–Kier alpha value is -4.73. The van der Waals surface area contributed by atoms with E-state index in [-0.39, 0.29) is 24.3 Å². The summed E-state index contributed by atoms with van der Waals surface area (Å²) in [6.07, 6.45) is 3.86. The minimum absolute atomic E-state index is 0.00316. The van der Waals surface area contributed by atoms with E-state index >= 15 is 0 Å². The van der Waals surface area contributed by atoms with Gasteiger partial charge in [-0.15, -0.1) is 0 Å². The Kier molecular flexibility index (Phi) is 9.56. The number of hydrogen-bond donors (Lipinski definition) is 0. The van der Waals surface area contributed by atoms with Crippen molar-refractivity contribution in [2.24, 2.45) is 5.92 Å². The SMILES string of the molecule is COc1cc(C(=O)N2CCC3(CC2)C(=O)N(CC(=O)N2CCC(Cc4ccccc4)CC2)CN3c2ccccc2)cc(OC)c1OC. The number of carbonyl (C=O) groups is 3. The number of para-hydroxylation sites is 1. The first-order valence-corrected chi connectivity index (χ1v) is 16.4. The minimum Gasteiger partial charge on any atom is -0.493 e. The Morgan fingerprint density at radius 1 is 0.787 bits per heavy atom. The molecule has 3 amide bonds. The number of nitrogens with zero attached hydrogens (tertiary/aromatic N) is 4. The van der Waals surface area contributed by atoms with Gasteiger partial charge < -0.3 is 33.8 Å². The average Bonchev–Trinajstić information content (AvgIpc) is 3.38. The lowest BCUT2D eigenvalue weighted by Gasteiger charge is -2.43. The number of ether oxygens (including phenoxy) is 3. The second-order valence-corrected chi connectivity index (χ2v) is 12.7. The van der Waals surface area contributed by atoms with Crippen molar-refractivity contribution in [1.82, 2.24) is 14.7 Å². The molecule has 3 heterocycles. The lowest BCUT2D eigenvalue weighted by atomic mass is 9.85. The fourth-order valence-corrected chi connectivity index (χ4v) is 7.39. The van der Waals surface area contributed by atoms with Gasteiger partial charge in [0.05, 0.1) is 28.0 Å². The Balaban J connectivity index is 1.14. The zero-order valence-electron chi connectivity index (χ0n) is 27.5. The average molecular weight is 641 g/mol. The predicted molar refractivity (Wildman–Crippen MR) is 179 cm³/mol. The van der Waals surface area contributed by atoms with Crippen LogP contribution in [-0.4, -0.2) is 98.7 Å². The van der Waals surface area contributed by atoms with Crippen LogP contribution < -0.4 is 19.1 Å². The first-order valence-electron chi connectivity index (χ1n) is 16.4. The van der Waals surface area contributed by atoms with E-state index in [2.05, 4.69) is 29.2 Å². The van der Waals surface area contributed by atoms with Gasteiger partial charge in [0.15, 0.2) is 11.5 Å². The molecule has 3 aliphatic heterocycles. The number of hydrogen-bond acceptors (Lipinski definition) is 7. The second kappa shape index (κ2) is 13.9. The number of amides is 3. The highest BCUT2D eigenvalue weighted by Gasteiger charge is 2.54. The Bertz CT molecular complexity index is 1540. The van der Waals surface area contributed by atoms with Crippen LogP contribution in [0.15, 0.2) is 72.8 Å². The fraction of sp³-hybridized carbons (Fsp3) is 0.432. The summed E-state index contributed by atoms with van der Waals surface area (Å²) in [5.41, 5.74) is 1.85. The molecular formula is C37H44N4O6. The molecule has 3 aromatic rings. The molecule has 0 aromatic heterocycles. The van der Waals surface area contributed by atoms with Crippen LogP contribution >= 0.6 is 0 Å². The van der Waals surface area contributed by atoms with Crippen LogP contribution in [0.3, 0.4) is 0 Å². The first kappa shape index (κ1) is 32.2. The number of piperidine rings is 2. The zero-order valence-corrected chi connectivity index (χ0v) is 27.5. The third-order valence-corrected chi connectivity index (χ3v) is 10.0. The van der Waals surface area contributed by atoms with Crippen molar-refractivity contribution < 1.29 is 28.6 Å². The van der Waals surface area contributed by atoms with Crippen LogP contribution in [0, 0.1) is 5.92 Å². The molecule has 47 heavy (non-hydrogen) atoms. The van der Waals surface area contributed by atoms with Crippen LogP contribution in [0.1, 0.15) is 41.6 Å². The van der Waals surface area contributed by atoms with Crippen molar-refractivity contribution in [1.29, 1.82) is 0 Å². The van der Waals surface area contributed by atoms with Crippen LogP contribution in [0.2, 0.25) is 0 Å². The highest BCUT2D eigenvalue weighted by atomic mass is 16.5. The largest absolute Gasteiger partial charge is 0.493 e. The molecule has 0 radical (unpaired) electrons. The summed E-state index contributed by atoms with van der Waals surface area (Å²) < 4.78 is 16.3. The van der Waals surface area contributed by atoms with Gasteiger partial charge in [0, 0.05) is 37.4 Å². The quantitative estimate of drug-likeness (QED) is 0.341. The Labute approximate surface area is 276 Å². The van der Waals surface area contributed by atoms with Gasteiger partial charge in [-0.1, -0.05) is 48.5 Å². The van der Waals surface area contributed by atoms with Gasteiger partial charge in [-0.05, 0) is 67.9 Å². The molecule has 10 heteroatoms. The summed E-state index contributed by atoms with van der Waals surface area (Å²) in [6.45, 7) is 2.59. The molecule has 3 fully saturated rings. The van der Waals surface area contributed by atoms with Gasteiger partial charge in [0.1, 0.15) is 12.1 Å². The lowest BCUT2D eigenvalue weighted by molar-refractivity contribution is -0.141. The maximum atomic E-state index is 14.3. The van der Waals surface area contributed by atoms with E-state index in [1.807, 2.05) is 41.3 Å². The van der Waals surface area contributed by atoms with Crippen molar-refractivity contribution in [2.45, 2.75) is 37.6 Å². The molecule has 0 bridgehead atoms. The summed E-state index contributed by atoms with van der Waals surface area (Å²) in [5.74, 6) is 1.57. The van der Waals surface area contributed by atoms with Crippen LogP contribution in [-0.2, 0) is 16.0 Å². The highest BCUT2D eigenvalue weighted by Crippen LogP contribution is 2.41. The number of anilines is 1. The molecule has 0 N–H and O–H groups in total. The van der Waals surface area contributed by atoms with E-state index in [1.165, 1.54) is 26.9 Å². The first-order chi connectivity index (χ1) is 22.9. The normalized spacial score (nSPS) is 18.1. The topological polar surface area (TPSA) is 91.9 Å². The molecule has 0 unspecified atom stereocenters. The molecule has 3 saturated heterocycles. The van der Waals surface area contributed by atoms with Crippen molar-refractivity contribution >= 4 is 23.4 Å². The van der Waals surface area contributed by atoms with Gasteiger partial charge in [-0.25, -0.2) is 0 Å². The maximum absolute atomic E-state index is 14.3. The summed E-state index contributed by atoms with van der Waals surface area (Å²) in [6, 6.07) is 23.7. The molecular weight excluding hydrogens is 596 g/mol. The third-order valence-electron chi connectivity index (χ3n) is 10.0. The van der Waals surface area contributed by atoms with Crippen LogP contribution in [0.5, 0.6) is 17.2 Å². The Morgan fingerprint density at radius 3 is 1.96 bits per heavy atom. The monoisotopic (exact) mass is 640 g/mol. The number of benzene rings is 3. The maximum Gasteiger partial charge on any atom is 0.254 e. The van der Waals surface area contributed by atoms with E-state index in [0.717, 1.165) is 24.9 Å². The van der Waals surface area contributed by atoms with Crippen molar-refractivity contribution in [3.63, 3.8) is 0 Å². The highest BCUT2D eigenvalue weighted by molar-refractivity contribution is 5.98. The van der Waals surface area contributed by atoms with Gasteiger partial charge in [-0.3, -0.25) is 14.4 Å². The lowest BCUT2D eigenvalue weighted by Crippen LogP contribution is -2.57. The van der Waals surface area contributed by atoms with Crippen molar-refractivity contribution in [3.05, 3.63) is 83.9 Å². The summed E-state index contributed by atoms with van der Waals surface area (Å²) >= 11 is 0. The zero-order chi connectivity index (χ0) is 33.0. The number of methoxy groups -OCH3 is 3. The summed E-state index contributed by atoms with van der Waals surface area (Å²) in [7, 11) is 4.56. The van der Waals surface area contributed by atoms with Crippen molar-refractivity contribution in [3.8, 4) is 17.2 Å². The minimum atomic E-state index is -0.837. The van der Waals surface area contributed by atoms with Gasteiger partial charge in [0.2, 0.25) is 11.7 Å². The van der Waals surface area contributed by atoms with E-state index in [9.17, 15) is 14.4 Å². The molecule has 3 aliphatic rings. The van der Waals surface area contributed by atoms with Crippen LogP contribution in [0.4, 0.5) is 5.69 Å². The molecule has 1 spiro atoms. The molecule has 248 valence electrons. The van der Waals surface area contributed by atoms with Crippen LogP contribution in [0.25, 0.3) is 0 Å². The molecule has 10 nitrogen and oxygen atoms in total. The fourth-order valence-electron chi connectivity index (χ4n) is 7.39. The predicted octanol–water partition coefficient (Wildman–Crippen LogP) is 4.47. The molecule has 0 atom stereocenters. The summed E-state index contributed by atoms with van der Waals surface area (Å²) in [4.78, 5) is 49.1. The number of likely N-dealkylation sites (tertiary alicyclic amines) is 2. The molecule has 6 rings (SSSR count). The summed E-state index contributed by atoms with van der Waals surface area (Å²) in [5, 5.41) is 0. The van der Waals surface area contributed by atoms with Gasteiger partial charge >= 0.3 is 0 Å². The molecule has 0 saturated carbocycles. The van der Waals surface area contributed by atoms with E-state index < -0.39 is 5.54 Å². The van der Waals surface area contributed by atoms with Crippen molar-refractivity contribution in [2.75, 3.05) is 65.6 Å². The molecule has 0 aliphatic carbocycles. The second-order valence-electron chi connectivity index (χ2n) is 12.7. The Morgan fingerprint density at radius 2 is 1.38 bits per heavy atom. The standard InChI is InChI=1S/C37H44N4O6/c1-45-31-23-29(24-32(46-2)34(31)47-3)35(43)39-20-16-37(17-21-39)36(44)40(26-41(37)30-12-8-5-9-13-30)25-33(42)38-18-14-28(15-19-38)22-27-10-6-4-7-11-27/h4-13,23-24,28H,14-22,25-26H2,1-3H3. The number of rotatable bonds is 9. The van der Waals surface area contributed by atoms with Gasteiger partial charge in [-0.2, -0.15) is 0 Å². The smallest absolute Gasteiger partial charge is 0.254 e. The van der Waals surface area contributed by atoms with E-state index in [4.69, 9.17) is 14.2 Å². The van der Waals surface area contributed by atoms with E-state index in [1.54, 1.807) is 21.9 Å². The number of carbonyl (C=O) groups excluding carboxylic acids is 3. The molecule has 3 aromatic carbocycles. The van der Waals surface area contributed by atoms with Gasteiger partial charge in [0.25, 0.3) is 11.8 Å². The van der Waals surface area contributed by atoms with E-state index in [0.29, 0.717) is 74.4 Å².